The first kappa shape index (κ1) is 16.1. The van der Waals surface area contributed by atoms with Crippen LogP contribution >= 0.6 is 12.6 Å². The molecule has 4 N–H and O–H groups in total. The lowest BCUT2D eigenvalue weighted by Gasteiger charge is -2.32. The van der Waals surface area contributed by atoms with Crippen LogP contribution in [0.1, 0.15) is 33.4 Å². The van der Waals surface area contributed by atoms with Crippen LogP contribution in [0.15, 0.2) is 11.7 Å². The quantitative estimate of drug-likeness (QED) is 0.579. The third-order valence-corrected chi connectivity index (χ3v) is 4.28. The molecule has 1 saturated heterocycles. The van der Waals surface area contributed by atoms with E-state index in [-0.39, 0.29) is 11.6 Å². The molecule has 8 heteroatoms. The Morgan fingerprint density at radius 1 is 1.24 bits per heavy atom. The van der Waals surface area contributed by atoms with E-state index in [1.165, 1.54) is 0 Å². The molecule has 0 bridgehead atoms. The van der Waals surface area contributed by atoms with E-state index < -0.39 is 18.3 Å². The van der Waals surface area contributed by atoms with E-state index in [0.717, 1.165) is 5.47 Å². The van der Waals surface area contributed by atoms with Crippen molar-refractivity contribution in [3.8, 4) is 0 Å². The highest BCUT2D eigenvalue weighted by Gasteiger charge is 2.52. The second-order valence-corrected chi connectivity index (χ2v) is 6.35. The van der Waals surface area contributed by atoms with Gasteiger partial charge in [0.05, 0.1) is 23.1 Å². The van der Waals surface area contributed by atoms with Crippen molar-refractivity contribution in [2.45, 2.75) is 38.9 Å². The summed E-state index contributed by atoms with van der Waals surface area (Å²) in [6.45, 7) is 8.02. The lowest BCUT2D eigenvalue weighted by atomic mass is 9.78. The Labute approximate surface area is 130 Å². The van der Waals surface area contributed by atoms with Gasteiger partial charge in [0.1, 0.15) is 0 Å². The Balaban J connectivity index is 2.28. The lowest BCUT2D eigenvalue weighted by Crippen LogP contribution is -2.41. The summed E-state index contributed by atoms with van der Waals surface area (Å²) in [7, 11) is -0.465. The monoisotopic (exact) mass is 308 g/mol. The van der Waals surface area contributed by atoms with Crippen molar-refractivity contribution in [1.29, 1.82) is 0 Å². The zero-order valence-corrected chi connectivity index (χ0v) is 13.6. The maximum absolute atomic E-state index is 6.00. The molecule has 0 atom stereocenters. The predicted octanol–water partition coefficient (Wildman–Crippen LogP) is 1.59. The van der Waals surface area contributed by atoms with Gasteiger partial charge in [0.2, 0.25) is 0 Å². The van der Waals surface area contributed by atoms with E-state index in [2.05, 4.69) is 22.6 Å². The Hall–Kier alpha value is -1.25. The average Bonchev–Trinajstić information content (AvgIpc) is 2.59. The van der Waals surface area contributed by atoms with Crippen LogP contribution in [-0.4, -0.2) is 34.0 Å². The Morgan fingerprint density at radius 2 is 1.81 bits per heavy atom. The fourth-order valence-corrected chi connectivity index (χ4v) is 2.11. The van der Waals surface area contributed by atoms with Gasteiger partial charge in [-0.1, -0.05) is 0 Å². The highest BCUT2D eigenvalue weighted by atomic mass is 32.1. The summed E-state index contributed by atoms with van der Waals surface area (Å²) < 4.78 is 12.0. The first-order valence-electron chi connectivity index (χ1n) is 6.71. The standard InChI is InChI=1S/C13H21BN4O2S/c1-12(2)13(3,4)20-14(19-12)8(7-21)5-9-6-17-10(15)11(16)18-9/h5-6,21H,7H2,1-4H3,(H2,15,17)(H2,16,18). The molecule has 114 valence electrons. The zero-order chi connectivity index (χ0) is 15.8. The molecule has 0 saturated carbocycles. The third-order valence-electron chi connectivity index (χ3n) is 3.92. The van der Waals surface area contributed by atoms with Crippen molar-refractivity contribution >= 4 is 37.5 Å². The van der Waals surface area contributed by atoms with Gasteiger partial charge in [0.15, 0.2) is 11.6 Å². The number of nitrogen functional groups attached to an aromatic ring is 2. The first-order chi connectivity index (χ1) is 9.66. The van der Waals surface area contributed by atoms with Crippen molar-refractivity contribution in [3.05, 3.63) is 17.4 Å². The average molecular weight is 308 g/mol. The van der Waals surface area contributed by atoms with Crippen molar-refractivity contribution in [2.75, 3.05) is 17.2 Å². The molecule has 2 rings (SSSR count). The third kappa shape index (κ3) is 3.17. The minimum absolute atomic E-state index is 0.205. The summed E-state index contributed by atoms with van der Waals surface area (Å²) in [6.07, 6.45) is 3.37. The van der Waals surface area contributed by atoms with Gasteiger partial charge >= 0.3 is 7.12 Å². The molecule has 0 unspecified atom stereocenters. The number of rotatable bonds is 3. The fourth-order valence-electron chi connectivity index (χ4n) is 1.87. The second kappa shape index (κ2) is 5.51. The van der Waals surface area contributed by atoms with E-state index >= 15 is 0 Å². The summed E-state index contributed by atoms with van der Waals surface area (Å²) in [5.74, 6) is 0.898. The second-order valence-electron chi connectivity index (χ2n) is 6.03. The van der Waals surface area contributed by atoms with E-state index in [1.807, 2.05) is 33.8 Å². The highest BCUT2D eigenvalue weighted by molar-refractivity contribution is 7.80. The Morgan fingerprint density at radius 3 is 2.29 bits per heavy atom. The molecule has 6 nitrogen and oxygen atoms in total. The minimum atomic E-state index is -0.465. The first-order valence-corrected chi connectivity index (χ1v) is 7.34. The number of nitrogens with zero attached hydrogens (tertiary/aromatic N) is 2. The van der Waals surface area contributed by atoms with Crippen LogP contribution in [0.2, 0.25) is 0 Å². The molecule has 1 aliphatic rings. The van der Waals surface area contributed by atoms with Crippen LogP contribution < -0.4 is 11.5 Å². The van der Waals surface area contributed by atoms with Gasteiger partial charge in [-0.05, 0) is 39.2 Å². The number of hydrogen-bond acceptors (Lipinski definition) is 7. The van der Waals surface area contributed by atoms with Gasteiger partial charge < -0.3 is 20.8 Å². The SMILES string of the molecule is CC1(C)OB(C(=Cc2cnc(N)c(N)n2)CS)OC1(C)C. The smallest absolute Gasteiger partial charge is 0.400 e. The summed E-state index contributed by atoms with van der Waals surface area (Å²) in [6, 6.07) is 0. The van der Waals surface area contributed by atoms with E-state index in [9.17, 15) is 0 Å². The maximum atomic E-state index is 6.00. The van der Waals surface area contributed by atoms with Crippen molar-refractivity contribution in [2.24, 2.45) is 0 Å². The molecule has 1 aromatic heterocycles. The Bertz CT molecular complexity index is 561. The van der Waals surface area contributed by atoms with Gasteiger partial charge in [-0.15, -0.1) is 0 Å². The van der Waals surface area contributed by atoms with Crippen LogP contribution in [0, 0.1) is 0 Å². The number of hydrogen-bond donors (Lipinski definition) is 3. The molecule has 0 aliphatic carbocycles. The van der Waals surface area contributed by atoms with Gasteiger partial charge in [-0.3, -0.25) is 0 Å². The van der Waals surface area contributed by atoms with E-state index in [1.54, 1.807) is 6.20 Å². The number of aromatic nitrogens is 2. The Kier molecular flexibility index (Phi) is 4.23. The number of thiol groups is 1. The lowest BCUT2D eigenvalue weighted by molar-refractivity contribution is 0.00578. The summed E-state index contributed by atoms with van der Waals surface area (Å²) in [5.41, 5.74) is 11.9. The van der Waals surface area contributed by atoms with Gasteiger partial charge in [-0.2, -0.15) is 12.6 Å². The maximum Gasteiger partial charge on any atom is 0.491 e. The summed E-state index contributed by atoms with van der Waals surface area (Å²) in [5, 5.41) is 0. The van der Waals surface area contributed by atoms with Crippen molar-refractivity contribution < 1.29 is 9.31 Å². The van der Waals surface area contributed by atoms with Gasteiger partial charge in [-0.25, -0.2) is 9.97 Å². The molecule has 2 heterocycles. The topological polar surface area (TPSA) is 96.3 Å². The molecule has 1 fully saturated rings. The minimum Gasteiger partial charge on any atom is -0.400 e. The normalized spacial score (nSPS) is 20.8. The van der Waals surface area contributed by atoms with Gasteiger partial charge in [0, 0.05) is 5.75 Å². The van der Waals surface area contributed by atoms with Crippen LogP contribution in [-0.2, 0) is 9.31 Å². The molecule has 1 aromatic rings. The van der Waals surface area contributed by atoms with Crippen LogP contribution in [0.25, 0.3) is 6.08 Å². The van der Waals surface area contributed by atoms with Crippen molar-refractivity contribution in [1.82, 2.24) is 9.97 Å². The molecule has 0 radical (unpaired) electrons. The molecule has 1 aliphatic heterocycles. The van der Waals surface area contributed by atoms with Crippen molar-refractivity contribution in [3.63, 3.8) is 0 Å². The molecule has 0 spiro atoms. The van der Waals surface area contributed by atoms with E-state index in [0.29, 0.717) is 11.4 Å². The summed E-state index contributed by atoms with van der Waals surface area (Å²) in [4.78, 5) is 8.16. The highest BCUT2D eigenvalue weighted by Crippen LogP contribution is 2.38. The zero-order valence-electron chi connectivity index (χ0n) is 12.8. The van der Waals surface area contributed by atoms with Crippen LogP contribution in [0.5, 0.6) is 0 Å². The molecule has 0 amide bonds. The summed E-state index contributed by atoms with van der Waals surface area (Å²) >= 11 is 4.35. The predicted molar refractivity (Wildman–Crippen MR) is 88.8 cm³/mol. The molecular formula is C13H21BN4O2S. The number of nitrogens with two attached hydrogens (primary N) is 2. The molecular weight excluding hydrogens is 287 g/mol. The van der Waals surface area contributed by atoms with Crippen LogP contribution in [0.4, 0.5) is 11.6 Å². The fraction of sp³-hybridized carbons (Fsp3) is 0.538. The largest absolute Gasteiger partial charge is 0.491 e. The van der Waals surface area contributed by atoms with E-state index in [4.69, 9.17) is 20.8 Å². The van der Waals surface area contributed by atoms with Gasteiger partial charge in [0.25, 0.3) is 0 Å². The molecule has 21 heavy (non-hydrogen) atoms. The number of anilines is 2. The van der Waals surface area contributed by atoms with Crippen LogP contribution in [0.3, 0.4) is 0 Å². The molecule has 0 aromatic carbocycles.